The fraction of sp³-hybridized carbons (Fsp3) is 0.529. The summed E-state index contributed by atoms with van der Waals surface area (Å²) in [5.41, 5.74) is 2.79. The summed E-state index contributed by atoms with van der Waals surface area (Å²) in [6.07, 6.45) is 8.85. The summed E-state index contributed by atoms with van der Waals surface area (Å²) in [6, 6.07) is 5.97. The Morgan fingerprint density at radius 3 is 2.75 bits per heavy atom. The molecule has 1 aromatic carbocycles. The van der Waals surface area contributed by atoms with Crippen molar-refractivity contribution in [1.29, 1.82) is 0 Å². The second-order valence-corrected chi connectivity index (χ2v) is 5.21. The molecule has 0 amide bonds. The maximum atomic E-state index is 5.40. The molecule has 2 rings (SSSR count). The van der Waals surface area contributed by atoms with Gasteiger partial charge in [0, 0.05) is 18.2 Å². The van der Waals surface area contributed by atoms with E-state index in [0.717, 1.165) is 24.6 Å². The van der Waals surface area contributed by atoms with Gasteiger partial charge in [-0.15, -0.1) is 0 Å². The van der Waals surface area contributed by atoms with E-state index in [9.17, 15) is 0 Å². The molecule has 0 spiro atoms. The first-order chi connectivity index (χ1) is 9.83. The second kappa shape index (κ2) is 7.95. The first kappa shape index (κ1) is 14.9. The Hall–Kier alpha value is -1.48. The van der Waals surface area contributed by atoms with Crippen LogP contribution in [0.3, 0.4) is 0 Å². The minimum absolute atomic E-state index is 0.831. The molecule has 0 bridgehead atoms. The van der Waals surface area contributed by atoms with Gasteiger partial charge in [0.2, 0.25) is 0 Å². The minimum atomic E-state index is 0.831. The molecule has 110 valence electrons. The van der Waals surface area contributed by atoms with Crippen molar-refractivity contribution in [3.63, 3.8) is 0 Å². The molecular formula is C17H25NO2. The lowest BCUT2D eigenvalue weighted by Crippen LogP contribution is -2.16. The zero-order valence-electron chi connectivity index (χ0n) is 12.6. The van der Waals surface area contributed by atoms with Crippen LogP contribution in [-0.2, 0) is 6.54 Å². The molecule has 0 atom stereocenters. The van der Waals surface area contributed by atoms with E-state index in [-0.39, 0.29) is 0 Å². The molecule has 0 aromatic heterocycles. The molecule has 0 saturated carbocycles. The molecule has 0 fully saturated rings. The summed E-state index contributed by atoms with van der Waals surface area (Å²) in [6.45, 7) is 1.86. The van der Waals surface area contributed by atoms with Crippen molar-refractivity contribution < 1.29 is 9.47 Å². The van der Waals surface area contributed by atoms with E-state index in [0.29, 0.717) is 0 Å². The van der Waals surface area contributed by atoms with Crippen molar-refractivity contribution in [2.45, 2.75) is 38.6 Å². The number of nitrogens with one attached hydrogen (secondary N) is 1. The van der Waals surface area contributed by atoms with Crippen LogP contribution in [0.4, 0.5) is 0 Å². The van der Waals surface area contributed by atoms with Gasteiger partial charge < -0.3 is 14.8 Å². The molecular weight excluding hydrogens is 250 g/mol. The molecule has 0 heterocycles. The van der Waals surface area contributed by atoms with E-state index in [1.165, 1.54) is 37.7 Å². The third-order valence-corrected chi connectivity index (χ3v) is 3.82. The summed E-state index contributed by atoms with van der Waals surface area (Å²) in [5, 5.41) is 3.50. The van der Waals surface area contributed by atoms with Gasteiger partial charge in [0.05, 0.1) is 14.2 Å². The van der Waals surface area contributed by atoms with E-state index in [2.05, 4.69) is 17.5 Å². The Morgan fingerprint density at radius 2 is 2.05 bits per heavy atom. The smallest absolute Gasteiger partial charge is 0.127 e. The summed E-state index contributed by atoms with van der Waals surface area (Å²) in [5.74, 6) is 1.71. The minimum Gasteiger partial charge on any atom is -0.497 e. The highest BCUT2D eigenvalue weighted by molar-refractivity contribution is 5.40. The molecule has 20 heavy (non-hydrogen) atoms. The van der Waals surface area contributed by atoms with Crippen LogP contribution in [0.25, 0.3) is 0 Å². The van der Waals surface area contributed by atoms with Crippen LogP contribution in [0, 0.1) is 0 Å². The van der Waals surface area contributed by atoms with Crippen molar-refractivity contribution in [2.24, 2.45) is 0 Å². The fourth-order valence-electron chi connectivity index (χ4n) is 2.60. The molecule has 0 saturated heterocycles. The number of ether oxygens (including phenoxy) is 2. The SMILES string of the molecule is COc1ccc(CNCCC2=CCCCC2)c(OC)c1. The van der Waals surface area contributed by atoms with Gasteiger partial charge in [0.1, 0.15) is 11.5 Å². The molecule has 1 aliphatic rings. The first-order valence-corrected chi connectivity index (χ1v) is 7.43. The number of hydrogen-bond acceptors (Lipinski definition) is 3. The Bertz CT molecular complexity index is 454. The van der Waals surface area contributed by atoms with Crippen molar-refractivity contribution in [3.8, 4) is 11.5 Å². The van der Waals surface area contributed by atoms with Gasteiger partial charge in [-0.3, -0.25) is 0 Å². The molecule has 0 radical (unpaired) electrons. The van der Waals surface area contributed by atoms with E-state index in [1.807, 2.05) is 12.1 Å². The number of rotatable bonds is 7. The van der Waals surface area contributed by atoms with Gasteiger partial charge in [-0.05, 0) is 44.7 Å². The summed E-state index contributed by atoms with van der Waals surface area (Å²) < 4.78 is 10.6. The molecule has 1 N–H and O–H groups in total. The van der Waals surface area contributed by atoms with Crippen molar-refractivity contribution in [3.05, 3.63) is 35.4 Å². The second-order valence-electron chi connectivity index (χ2n) is 5.21. The molecule has 1 aliphatic carbocycles. The average molecular weight is 275 g/mol. The largest absolute Gasteiger partial charge is 0.497 e. The maximum Gasteiger partial charge on any atom is 0.127 e. The van der Waals surface area contributed by atoms with Crippen LogP contribution < -0.4 is 14.8 Å². The Kier molecular flexibility index (Phi) is 5.93. The standard InChI is InChI=1S/C17H25NO2/c1-19-16-9-8-15(17(12-16)20-2)13-18-11-10-14-6-4-3-5-7-14/h6,8-9,12,18H,3-5,7,10-11,13H2,1-2H3. The highest BCUT2D eigenvalue weighted by atomic mass is 16.5. The Labute approximate surface area is 122 Å². The summed E-state index contributed by atoms with van der Waals surface area (Å²) >= 11 is 0. The lowest BCUT2D eigenvalue weighted by Gasteiger charge is -2.14. The maximum absolute atomic E-state index is 5.40. The summed E-state index contributed by atoms with van der Waals surface area (Å²) in [4.78, 5) is 0. The van der Waals surface area contributed by atoms with Crippen molar-refractivity contribution in [2.75, 3.05) is 20.8 Å². The molecule has 0 aliphatic heterocycles. The highest BCUT2D eigenvalue weighted by Gasteiger charge is 2.06. The lowest BCUT2D eigenvalue weighted by molar-refractivity contribution is 0.390. The third-order valence-electron chi connectivity index (χ3n) is 3.82. The van der Waals surface area contributed by atoms with Gasteiger partial charge in [-0.2, -0.15) is 0 Å². The summed E-state index contributed by atoms with van der Waals surface area (Å²) in [7, 11) is 3.37. The van der Waals surface area contributed by atoms with Gasteiger partial charge in [0.15, 0.2) is 0 Å². The topological polar surface area (TPSA) is 30.5 Å². The lowest BCUT2D eigenvalue weighted by atomic mass is 9.97. The van der Waals surface area contributed by atoms with Gasteiger partial charge in [-0.25, -0.2) is 0 Å². The fourth-order valence-corrected chi connectivity index (χ4v) is 2.60. The number of allylic oxidation sites excluding steroid dienone is 1. The van der Waals surface area contributed by atoms with Crippen LogP contribution in [-0.4, -0.2) is 20.8 Å². The Balaban J connectivity index is 1.80. The number of methoxy groups -OCH3 is 2. The van der Waals surface area contributed by atoms with E-state index in [1.54, 1.807) is 19.8 Å². The van der Waals surface area contributed by atoms with Crippen LogP contribution in [0.15, 0.2) is 29.8 Å². The zero-order valence-corrected chi connectivity index (χ0v) is 12.6. The van der Waals surface area contributed by atoms with Gasteiger partial charge >= 0.3 is 0 Å². The van der Waals surface area contributed by atoms with Crippen LogP contribution in [0.1, 0.15) is 37.7 Å². The average Bonchev–Trinajstić information content (AvgIpc) is 2.52. The molecule has 3 heteroatoms. The van der Waals surface area contributed by atoms with E-state index < -0.39 is 0 Å². The molecule has 0 unspecified atom stereocenters. The van der Waals surface area contributed by atoms with Crippen LogP contribution in [0.5, 0.6) is 11.5 Å². The van der Waals surface area contributed by atoms with Crippen molar-refractivity contribution >= 4 is 0 Å². The number of benzene rings is 1. The quantitative estimate of drug-likeness (QED) is 0.608. The van der Waals surface area contributed by atoms with Gasteiger partial charge in [0.25, 0.3) is 0 Å². The Morgan fingerprint density at radius 1 is 1.15 bits per heavy atom. The monoisotopic (exact) mass is 275 g/mol. The van der Waals surface area contributed by atoms with Crippen LogP contribution in [0.2, 0.25) is 0 Å². The molecule has 3 nitrogen and oxygen atoms in total. The van der Waals surface area contributed by atoms with Crippen LogP contribution >= 0.6 is 0 Å². The predicted octanol–water partition coefficient (Wildman–Crippen LogP) is 3.68. The van der Waals surface area contributed by atoms with Gasteiger partial charge in [-0.1, -0.05) is 17.7 Å². The number of hydrogen-bond donors (Lipinski definition) is 1. The predicted molar refractivity (Wildman–Crippen MR) is 82.4 cm³/mol. The molecule has 1 aromatic rings. The first-order valence-electron chi connectivity index (χ1n) is 7.43. The van der Waals surface area contributed by atoms with Crippen molar-refractivity contribution in [1.82, 2.24) is 5.32 Å². The third kappa shape index (κ3) is 4.27. The van der Waals surface area contributed by atoms with E-state index >= 15 is 0 Å². The zero-order chi connectivity index (χ0) is 14.2. The van der Waals surface area contributed by atoms with E-state index in [4.69, 9.17) is 9.47 Å². The highest BCUT2D eigenvalue weighted by Crippen LogP contribution is 2.24. The normalized spacial score (nSPS) is 14.8.